The van der Waals surface area contributed by atoms with Crippen LogP contribution in [-0.2, 0) is 6.18 Å². The van der Waals surface area contributed by atoms with Gasteiger partial charge in [0.2, 0.25) is 0 Å². The van der Waals surface area contributed by atoms with Crippen LogP contribution in [0.3, 0.4) is 0 Å². The van der Waals surface area contributed by atoms with Gasteiger partial charge in [-0.05, 0) is 48.5 Å². The SMILES string of the molecule is O=C(Nc1cc(F)c(F)c(C(=O)c2ccc3ncccc3c2)c1)Nc1ccc(Cl)c(C(F)(F)F)c1. The summed E-state index contributed by atoms with van der Waals surface area (Å²) < 4.78 is 67.7. The zero-order valence-corrected chi connectivity index (χ0v) is 18.1. The topological polar surface area (TPSA) is 71.1 Å². The van der Waals surface area contributed by atoms with Gasteiger partial charge in [0.15, 0.2) is 17.4 Å². The van der Waals surface area contributed by atoms with E-state index in [4.69, 9.17) is 11.6 Å². The summed E-state index contributed by atoms with van der Waals surface area (Å²) in [4.78, 5) is 29.3. The Kier molecular flexibility index (Phi) is 6.40. The summed E-state index contributed by atoms with van der Waals surface area (Å²) >= 11 is 5.55. The number of pyridine rings is 1. The number of amides is 2. The van der Waals surface area contributed by atoms with Crippen LogP contribution in [0, 0.1) is 11.6 Å². The number of urea groups is 1. The molecule has 0 bridgehead atoms. The monoisotopic (exact) mass is 505 g/mol. The van der Waals surface area contributed by atoms with Gasteiger partial charge in [0.05, 0.1) is 21.7 Å². The van der Waals surface area contributed by atoms with E-state index < -0.39 is 45.8 Å². The Balaban J connectivity index is 1.58. The summed E-state index contributed by atoms with van der Waals surface area (Å²) in [6.07, 6.45) is -3.19. The first-order chi connectivity index (χ1) is 16.5. The van der Waals surface area contributed by atoms with Crippen LogP contribution < -0.4 is 10.6 Å². The summed E-state index contributed by atoms with van der Waals surface area (Å²) in [6.45, 7) is 0. The van der Waals surface area contributed by atoms with E-state index in [1.807, 2.05) is 0 Å². The van der Waals surface area contributed by atoms with Gasteiger partial charge in [-0.3, -0.25) is 9.78 Å². The number of ketones is 1. The molecule has 0 atom stereocenters. The minimum Gasteiger partial charge on any atom is -0.308 e. The van der Waals surface area contributed by atoms with Crippen molar-refractivity contribution in [3.8, 4) is 0 Å². The molecule has 4 rings (SSSR count). The van der Waals surface area contributed by atoms with Crippen LogP contribution in [0.15, 0.2) is 66.9 Å². The molecule has 0 saturated heterocycles. The first-order valence-electron chi connectivity index (χ1n) is 9.86. The summed E-state index contributed by atoms with van der Waals surface area (Å²) in [5.74, 6) is -3.66. The number of carbonyl (C=O) groups excluding carboxylic acids is 2. The highest BCUT2D eigenvalue weighted by atomic mass is 35.5. The summed E-state index contributed by atoms with van der Waals surface area (Å²) in [7, 11) is 0. The first kappa shape index (κ1) is 24.1. The Bertz CT molecular complexity index is 1470. The van der Waals surface area contributed by atoms with Crippen molar-refractivity contribution in [3.63, 3.8) is 0 Å². The highest BCUT2D eigenvalue weighted by Crippen LogP contribution is 2.36. The lowest BCUT2D eigenvalue weighted by Crippen LogP contribution is -2.20. The molecule has 0 aliphatic carbocycles. The number of hydrogen-bond acceptors (Lipinski definition) is 3. The third-order valence-electron chi connectivity index (χ3n) is 4.93. The number of alkyl halides is 3. The molecule has 0 saturated carbocycles. The molecule has 5 nitrogen and oxygen atoms in total. The van der Waals surface area contributed by atoms with Gasteiger partial charge in [-0.2, -0.15) is 13.2 Å². The van der Waals surface area contributed by atoms with E-state index in [1.54, 1.807) is 24.4 Å². The number of benzene rings is 3. The standard InChI is InChI=1S/C24H13ClF5N3O2/c25-18-5-4-14(10-17(18)24(28,29)30)32-23(35)33-15-9-16(21(27)19(26)11-15)22(34)13-3-6-20-12(8-13)2-1-7-31-20/h1-11H,(H2,32,33,35). The maximum atomic E-state index is 14.5. The molecule has 0 spiro atoms. The third-order valence-corrected chi connectivity index (χ3v) is 5.26. The van der Waals surface area contributed by atoms with Gasteiger partial charge in [0, 0.05) is 34.6 Å². The molecule has 0 radical (unpaired) electrons. The Morgan fingerprint density at radius 1 is 0.886 bits per heavy atom. The van der Waals surface area contributed by atoms with Crippen molar-refractivity contribution in [1.29, 1.82) is 0 Å². The van der Waals surface area contributed by atoms with E-state index in [0.717, 1.165) is 18.2 Å². The van der Waals surface area contributed by atoms with E-state index in [1.165, 1.54) is 12.1 Å². The molecule has 0 fully saturated rings. The molecule has 0 aliphatic heterocycles. The Morgan fingerprint density at radius 2 is 1.63 bits per heavy atom. The fourth-order valence-electron chi connectivity index (χ4n) is 3.31. The number of nitrogens with zero attached hydrogens (tertiary/aromatic N) is 1. The zero-order valence-electron chi connectivity index (χ0n) is 17.4. The minimum absolute atomic E-state index is 0.0613. The summed E-state index contributed by atoms with van der Waals surface area (Å²) in [5, 5.41) is 4.37. The number of anilines is 2. The van der Waals surface area contributed by atoms with Crippen LogP contribution >= 0.6 is 11.6 Å². The Morgan fingerprint density at radius 3 is 2.37 bits per heavy atom. The van der Waals surface area contributed by atoms with Gasteiger partial charge < -0.3 is 10.6 Å². The van der Waals surface area contributed by atoms with Crippen molar-refractivity contribution in [2.75, 3.05) is 10.6 Å². The zero-order chi connectivity index (χ0) is 25.3. The molecule has 1 heterocycles. The van der Waals surface area contributed by atoms with Crippen molar-refractivity contribution in [1.82, 2.24) is 4.98 Å². The molecule has 0 unspecified atom stereocenters. The molecular weight excluding hydrogens is 493 g/mol. The average Bonchev–Trinajstić information content (AvgIpc) is 2.81. The number of nitrogens with one attached hydrogen (secondary N) is 2. The van der Waals surface area contributed by atoms with Gasteiger partial charge in [-0.1, -0.05) is 17.7 Å². The third kappa shape index (κ3) is 5.22. The van der Waals surface area contributed by atoms with Crippen LogP contribution in [0.4, 0.5) is 38.1 Å². The summed E-state index contributed by atoms with van der Waals surface area (Å²) in [5.41, 5.74) is -1.69. The van der Waals surface area contributed by atoms with E-state index in [2.05, 4.69) is 15.6 Å². The van der Waals surface area contributed by atoms with Crippen LogP contribution in [0.1, 0.15) is 21.5 Å². The van der Waals surface area contributed by atoms with Gasteiger partial charge in [-0.15, -0.1) is 0 Å². The predicted molar refractivity (Wildman–Crippen MR) is 121 cm³/mol. The number of aromatic nitrogens is 1. The number of halogens is 6. The fourth-order valence-corrected chi connectivity index (χ4v) is 3.54. The van der Waals surface area contributed by atoms with Crippen molar-refractivity contribution in [3.05, 3.63) is 100 Å². The second-order valence-electron chi connectivity index (χ2n) is 7.33. The lowest BCUT2D eigenvalue weighted by molar-refractivity contribution is -0.137. The molecule has 2 amide bonds. The van der Waals surface area contributed by atoms with Crippen molar-refractivity contribution < 1.29 is 31.5 Å². The van der Waals surface area contributed by atoms with Gasteiger partial charge >= 0.3 is 12.2 Å². The minimum atomic E-state index is -4.75. The molecule has 178 valence electrons. The van der Waals surface area contributed by atoms with Crippen LogP contribution in [0.5, 0.6) is 0 Å². The van der Waals surface area contributed by atoms with Crippen LogP contribution in [-0.4, -0.2) is 16.8 Å². The summed E-state index contributed by atoms with van der Waals surface area (Å²) in [6, 6.07) is 11.0. The van der Waals surface area contributed by atoms with E-state index in [9.17, 15) is 31.5 Å². The Hall–Kier alpha value is -4.05. The number of fused-ring (bicyclic) bond motifs is 1. The molecule has 2 N–H and O–H groups in total. The Labute approximate surface area is 199 Å². The normalized spacial score (nSPS) is 11.4. The number of carbonyl (C=O) groups is 2. The number of hydrogen-bond donors (Lipinski definition) is 2. The molecular formula is C24H13ClF5N3O2. The van der Waals surface area contributed by atoms with Gasteiger partial charge in [0.1, 0.15) is 0 Å². The highest BCUT2D eigenvalue weighted by molar-refractivity contribution is 6.31. The maximum absolute atomic E-state index is 14.5. The van der Waals surface area contributed by atoms with E-state index >= 15 is 0 Å². The predicted octanol–water partition coefficient (Wildman–Crippen LogP) is 7.06. The average molecular weight is 506 g/mol. The largest absolute Gasteiger partial charge is 0.417 e. The molecule has 35 heavy (non-hydrogen) atoms. The highest BCUT2D eigenvalue weighted by Gasteiger charge is 2.33. The molecule has 0 aliphatic rings. The van der Waals surface area contributed by atoms with E-state index in [0.29, 0.717) is 23.0 Å². The second kappa shape index (κ2) is 9.30. The van der Waals surface area contributed by atoms with Crippen molar-refractivity contribution in [2.45, 2.75) is 6.18 Å². The lowest BCUT2D eigenvalue weighted by Gasteiger charge is -2.13. The van der Waals surface area contributed by atoms with Crippen LogP contribution in [0.2, 0.25) is 5.02 Å². The van der Waals surface area contributed by atoms with E-state index in [-0.39, 0.29) is 16.9 Å². The molecule has 11 heteroatoms. The van der Waals surface area contributed by atoms with Gasteiger partial charge in [0.25, 0.3) is 0 Å². The first-order valence-corrected chi connectivity index (χ1v) is 10.2. The number of rotatable bonds is 4. The molecule has 4 aromatic rings. The second-order valence-corrected chi connectivity index (χ2v) is 7.74. The van der Waals surface area contributed by atoms with Crippen molar-refractivity contribution >= 4 is 45.7 Å². The molecule has 3 aromatic carbocycles. The molecule has 1 aromatic heterocycles. The maximum Gasteiger partial charge on any atom is 0.417 e. The van der Waals surface area contributed by atoms with Gasteiger partial charge in [-0.25, -0.2) is 13.6 Å². The van der Waals surface area contributed by atoms with Crippen LogP contribution in [0.25, 0.3) is 10.9 Å². The fraction of sp³-hybridized carbons (Fsp3) is 0.0417. The van der Waals surface area contributed by atoms with Crippen molar-refractivity contribution in [2.24, 2.45) is 0 Å². The smallest absolute Gasteiger partial charge is 0.308 e. The lowest BCUT2D eigenvalue weighted by atomic mass is 10.0. The quantitative estimate of drug-likeness (QED) is 0.230.